The fourth-order valence-corrected chi connectivity index (χ4v) is 8.80. The molecule has 0 spiro atoms. The Kier molecular flexibility index (Phi) is 6.39. The lowest BCUT2D eigenvalue weighted by Gasteiger charge is -2.13. The summed E-state index contributed by atoms with van der Waals surface area (Å²) in [6.45, 7) is 0. The lowest BCUT2D eigenvalue weighted by atomic mass is 9.95. The van der Waals surface area contributed by atoms with Crippen molar-refractivity contribution in [3.8, 4) is 45.2 Å². The topological polar surface area (TPSA) is 51.8 Å². The molecule has 0 atom stereocenters. The van der Waals surface area contributed by atoms with Crippen molar-refractivity contribution in [2.75, 3.05) is 0 Å². The van der Waals surface area contributed by atoms with Crippen LogP contribution in [0.3, 0.4) is 0 Å². The lowest BCUT2D eigenvalue weighted by Crippen LogP contribution is -1.97. The Morgan fingerprint density at radius 2 is 1.13 bits per heavy atom. The van der Waals surface area contributed by atoms with Crippen molar-refractivity contribution in [1.29, 1.82) is 0 Å². The predicted octanol–water partition coefficient (Wildman–Crippen LogP) is 13.1. The van der Waals surface area contributed by atoms with E-state index in [2.05, 4.69) is 127 Å². The van der Waals surface area contributed by atoms with Gasteiger partial charge < -0.3 is 4.42 Å². The molecule has 7 aromatic carbocycles. The maximum atomic E-state index is 6.47. The lowest BCUT2D eigenvalue weighted by molar-refractivity contribution is 0.670. The van der Waals surface area contributed by atoms with E-state index in [0.29, 0.717) is 5.82 Å². The Labute approximate surface area is 302 Å². The van der Waals surface area contributed by atoms with Crippen LogP contribution in [-0.4, -0.2) is 15.0 Å². The molecule has 0 N–H and O–H groups in total. The predicted molar refractivity (Wildman–Crippen MR) is 217 cm³/mol. The zero-order chi connectivity index (χ0) is 34.2. The summed E-state index contributed by atoms with van der Waals surface area (Å²) in [5.74, 6) is 0.633. The number of fused-ring (bicyclic) bond motifs is 10. The van der Waals surface area contributed by atoms with Gasteiger partial charge in [-0.25, -0.2) is 15.0 Å². The molecule has 52 heavy (non-hydrogen) atoms. The Morgan fingerprint density at radius 1 is 0.423 bits per heavy atom. The fraction of sp³-hybridized carbons (Fsp3) is 0. The third-order valence-electron chi connectivity index (χ3n) is 10.1. The van der Waals surface area contributed by atoms with Gasteiger partial charge in [-0.1, -0.05) is 127 Å². The number of thiophene rings is 1. The number of pyridine rings is 1. The van der Waals surface area contributed by atoms with Gasteiger partial charge in [0.1, 0.15) is 11.2 Å². The number of aromatic nitrogens is 3. The summed E-state index contributed by atoms with van der Waals surface area (Å²) in [6, 6.07) is 57.0. The first-order valence-electron chi connectivity index (χ1n) is 17.4. The van der Waals surface area contributed by atoms with Crippen molar-refractivity contribution >= 4 is 75.1 Å². The van der Waals surface area contributed by atoms with E-state index in [0.717, 1.165) is 77.6 Å². The van der Waals surface area contributed by atoms with E-state index in [1.807, 2.05) is 47.7 Å². The van der Waals surface area contributed by atoms with E-state index in [-0.39, 0.29) is 0 Å². The Morgan fingerprint density at radius 3 is 2.00 bits per heavy atom. The molecule has 0 radical (unpaired) electrons. The molecule has 11 aromatic rings. The monoisotopic (exact) mass is 681 g/mol. The van der Waals surface area contributed by atoms with Gasteiger partial charge in [-0.3, -0.25) is 0 Å². The Bertz CT molecular complexity index is 3180. The molecule has 0 amide bonds. The van der Waals surface area contributed by atoms with E-state index in [4.69, 9.17) is 19.4 Å². The second-order valence-electron chi connectivity index (χ2n) is 13.1. The minimum absolute atomic E-state index is 0.633. The van der Waals surface area contributed by atoms with E-state index >= 15 is 0 Å². The van der Waals surface area contributed by atoms with Crippen LogP contribution in [0.25, 0.3) is 109 Å². The normalized spacial score (nSPS) is 11.8. The first kappa shape index (κ1) is 29.1. The standard InChI is InChI=1S/C47H27N3OS/c1-3-12-28(13-4-1)37-27-39(34-19-11-18-32-31-16-7-9-20-40(31)51-46(32)34)50-47(49-37)30-22-23-33-38(26-30)48-45(29-14-5-2-6-15-29)36-24-25-42-44(43(33)36)35-17-8-10-21-41(35)52-42/h1-27H. The highest BCUT2D eigenvalue weighted by molar-refractivity contribution is 7.26. The maximum absolute atomic E-state index is 6.47. The van der Waals surface area contributed by atoms with Gasteiger partial charge in [0, 0.05) is 69.4 Å². The highest BCUT2D eigenvalue weighted by atomic mass is 32.1. The SMILES string of the molecule is c1ccc(-c2cc(-c3cccc4c3oc3ccccc34)nc(-c3ccc4c(c3)nc(-c3ccccc3)c3ccc5sc6ccccc6c5c34)n2)cc1. The highest BCUT2D eigenvalue weighted by Crippen LogP contribution is 2.44. The van der Waals surface area contributed by atoms with Crippen molar-refractivity contribution in [1.82, 2.24) is 15.0 Å². The number of para-hydroxylation sites is 2. The summed E-state index contributed by atoms with van der Waals surface area (Å²) in [4.78, 5) is 15.8. The van der Waals surface area contributed by atoms with Crippen molar-refractivity contribution in [3.63, 3.8) is 0 Å². The van der Waals surface area contributed by atoms with Crippen LogP contribution < -0.4 is 0 Å². The number of rotatable bonds is 4. The average Bonchev–Trinajstić information content (AvgIpc) is 3.79. The van der Waals surface area contributed by atoms with Crippen molar-refractivity contribution in [2.24, 2.45) is 0 Å². The number of hydrogen-bond acceptors (Lipinski definition) is 5. The summed E-state index contributed by atoms with van der Waals surface area (Å²) < 4.78 is 9.03. The maximum Gasteiger partial charge on any atom is 0.160 e. The molecule has 5 heteroatoms. The number of benzene rings is 7. The van der Waals surface area contributed by atoms with Gasteiger partial charge in [0.2, 0.25) is 0 Å². The van der Waals surface area contributed by atoms with Crippen LogP contribution in [0.2, 0.25) is 0 Å². The molecule has 0 aliphatic rings. The fourth-order valence-electron chi connectivity index (χ4n) is 7.69. The Balaban J connectivity index is 1.19. The smallest absolute Gasteiger partial charge is 0.160 e. The molecule has 0 aliphatic carbocycles. The van der Waals surface area contributed by atoms with Gasteiger partial charge in [0.05, 0.1) is 22.6 Å². The first-order valence-corrected chi connectivity index (χ1v) is 18.2. The third-order valence-corrected chi connectivity index (χ3v) is 11.2. The van der Waals surface area contributed by atoms with Gasteiger partial charge in [-0.15, -0.1) is 11.3 Å². The van der Waals surface area contributed by atoms with Crippen molar-refractivity contribution in [3.05, 3.63) is 164 Å². The molecule has 11 rings (SSSR count). The van der Waals surface area contributed by atoms with Crippen LogP contribution in [0, 0.1) is 0 Å². The van der Waals surface area contributed by atoms with Gasteiger partial charge in [0.15, 0.2) is 5.82 Å². The summed E-state index contributed by atoms with van der Waals surface area (Å²) in [5, 5.41) is 8.18. The summed E-state index contributed by atoms with van der Waals surface area (Å²) in [6.07, 6.45) is 0. The van der Waals surface area contributed by atoms with Gasteiger partial charge in [-0.2, -0.15) is 0 Å². The van der Waals surface area contributed by atoms with E-state index in [1.165, 1.54) is 25.6 Å². The largest absolute Gasteiger partial charge is 0.455 e. The van der Waals surface area contributed by atoms with Gasteiger partial charge in [-0.05, 0) is 36.4 Å². The molecule has 0 unspecified atom stereocenters. The molecule has 0 fully saturated rings. The second kappa shape index (κ2) is 11.4. The molecular formula is C47H27N3OS. The number of hydrogen-bond donors (Lipinski definition) is 0. The minimum Gasteiger partial charge on any atom is -0.455 e. The zero-order valence-corrected chi connectivity index (χ0v) is 28.6. The molecule has 0 bridgehead atoms. The Hall–Kier alpha value is -6.69. The molecular weight excluding hydrogens is 655 g/mol. The molecule has 242 valence electrons. The molecule has 4 nitrogen and oxygen atoms in total. The van der Waals surface area contributed by atoms with Gasteiger partial charge >= 0.3 is 0 Å². The molecule has 0 saturated carbocycles. The van der Waals surface area contributed by atoms with E-state index in [9.17, 15) is 0 Å². The minimum atomic E-state index is 0.633. The van der Waals surface area contributed by atoms with Crippen LogP contribution in [0.4, 0.5) is 0 Å². The molecule has 4 heterocycles. The second-order valence-corrected chi connectivity index (χ2v) is 14.2. The summed E-state index contributed by atoms with van der Waals surface area (Å²) in [5.41, 5.74) is 9.13. The summed E-state index contributed by atoms with van der Waals surface area (Å²) in [7, 11) is 0. The summed E-state index contributed by atoms with van der Waals surface area (Å²) >= 11 is 1.84. The van der Waals surface area contributed by atoms with Crippen LogP contribution in [-0.2, 0) is 0 Å². The van der Waals surface area contributed by atoms with Crippen LogP contribution in [0.1, 0.15) is 0 Å². The highest BCUT2D eigenvalue weighted by Gasteiger charge is 2.19. The molecule has 4 aromatic heterocycles. The molecule has 0 aliphatic heterocycles. The van der Waals surface area contributed by atoms with E-state index in [1.54, 1.807) is 0 Å². The van der Waals surface area contributed by atoms with Crippen molar-refractivity contribution < 1.29 is 4.42 Å². The van der Waals surface area contributed by atoms with Crippen LogP contribution in [0.5, 0.6) is 0 Å². The van der Waals surface area contributed by atoms with Crippen LogP contribution >= 0.6 is 11.3 Å². The first-order chi connectivity index (χ1) is 25.8. The van der Waals surface area contributed by atoms with Gasteiger partial charge in [0.25, 0.3) is 0 Å². The molecule has 0 saturated heterocycles. The third kappa shape index (κ3) is 4.50. The average molecular weight is 682 g/mol. The number of furan rings is 1. The quantitative estimate of drug-likeness (QED) is 0.174. The zero-order valence-electron chi connectivity index (χ0n) is 27.7. The van der Waals surface area contributed by atoms with Crippen molar-refractivity contribution in [2.45, 2.75) is 0 Å². The van der Waals surface area contributed by atoms with Crippen LogP contribution in [0.15, 0.2) is 168 Å². The van der Waals surface area contributed by atoms with E-state index < -0.39 is 0 Å². The number of nitrogens with zero attached hydrogens (tertiary/aromatic N) is 3.